The van der Waals surface area contributed by atoms with Crippen molar-refractivity contribution in [2.75, 3.05) is 18.4 Å². The maximum atomic E-state index is 12.1. The van der Waals surface area contributed by atoms with Gasteiger partial charge in [0.25, 0.3) is 0 Å². The van der Waals surface area contributed by atoms with E-state index in [1.54, 1.807) is 0 Å². The average Bonchev–Trinajstić information content (AvgIpc) is 2.48. The van der Waals surface area contributed by atoms with Crippen LogP contribution in [-0.4, -0.2) is 30.4 Å². The van der Waals surface area contributed by atoms with Crippen molar-refractivity contribution in [1.29, 1.82) is 0 Å². The fraction of sp³-hybridized carbons (Fsp3) is 0.556. The van der Waals surface area contributed by atoms with E-state index in [-0.39, 0.29) is 23.3 Å². The van der Waals surface area contributed by atoms with Gasteiger partial charge < -0.3 is 16.0 Å². The van der Waals surface area contributed by atoms with E-state index in [1.165, 1.54) is 0 Å². The number of para-hydroxylation sites is 1. The zero-order valence-electron chi connectivity index (χ0n) is 14.2. The Morgan fingerprint density at radius 2 is 2.00 bits per heavy atom. The molecule has 23 heavy (non-hydrogen) atoms. The molecule has 0 bridgehead atoms. The van der Waals surface area contributed by atoms with Crippen LogP contribution in [-0.2, 0) is 16.0 Å². The van der Waals surface area contributed by atoms with Crippen LogP contribution in [0.5, 0.6) is 0 Å². The van der Waals surface area contributed by atoms with Crippen LogP contribution < -0.4 is 16.0 Å². The summed E-state index contributed by atoms with van der Waals surface area (Å²) in [5.74, 6) is -0.0957. The molecule has 0 spiro atoms. The average molecular weight is 317 g/mol. The molecule has 1 aliphatic heterocycles. The Labute approximate surface area is 138 Å². The molecule has 0 saturated heterocycles. The summed E-state index contributed by atoms with van der Waals surface area (Å²) in [7, 11) is 0. The molecule has 1 aliphatic rings. The Kier molecular flexibility index (Phi) is 5.77. The van der Waals surface area contributed by atoms with E-state index in [1.807, 2.05) is 24.3 Å². The van der Waals surface area contributed by atoms with Gasteiger partial charge in [-0.05, 0) is 45.2 Å². The third kappa shape index (κ3) is 5.67. The highest BCUT2D eigenvalue weighted by molar-refractivity contribution is 5.96. The topological polar surface area (TPSA) is 70.2 Å². The van der Waals surface area contributed by atoms with Gasteiger partial charge in [0.15, 0.2) is 0 Å². The monoisotopic (exact) mass is 317 g/mol. The smallest absolute Gasteiger partial charge is 0.227 e. The lowest BCUT2D eigenvalue weighted by Crippen LogP contribution is -2.41. The van der Waals surface area contributed by atoms with Crippen LogP contribution in [0, 0.1) is 5.92 Å². The predicted molar refractivity (Wildman–Crippen MR) is 92.3 cm³/mol. The number of fused-ring (bicyclic) bond motifs is 1. The zero-order valence-corrected chi connectivity index (χ0v) is 14.2. The first-order chi connectivity index (χ1) is 10.8. The normalized spacial score (nSPS) is 17.3. The Balaban J connectivity index is 1.71. The van der Waals surface area contributed by atoms with E-state index in [0.29, 0.717) is 25.8 Å². The molecule has 1 atom stereocenters. The van der Waals surface area contributed by atoms with E-state index >= 15 is 0 Å². The second-order valence-corrected chi connectivity index (χ2v) is 7.11. The molecule has 0 aromatic heterocycles. The molecular formula is C18H27N3O2. The molecule has 0 fully saturated rings. The predicted octanol–water partition coefficient (Wildman–Crippen LogP) is 2.08. The van der Waals surface area contributed by atoms with Crippen molar-refractivity contribution >= 4 is 17.5 Å². The van der Waals surface area contributed by atoms with Crippen LogP contribution >= 0.6 is 0 Å². The molecule has 0 saturated carbocycles. The van der Waals surface area contributed by atoms with Crippen LogP contribution in [0.3, 0.4) is 0 Å². The minimum atomic E-state index is -0.122. The molecule has 0 radical (unpaired) electrons. The van der Waals surface area contributed by atoms with Crippen LogP contribution in [0.25, 0.3) is 0 Å². The summed E-state index contributed by atoms with van der Waals surface area (Å²) in [6.45, 7) is 7.62. The number of hydrogen-bond acceptors (Lipinski definition) is 3. The van der Waals surface area contributed by atoms with Crippen molar-refractivity contribution in [3.05, 3.63) is 29.8 Å². The lowest BCUT2D eigenvalue weighted by molar-refractivity contribution is -0.122. The second kappa shape index (κ2) is 7.59. The fourth-order valence-corrected chi connectivity index (χ4v) is 2.68. The Morgan fingerprint density at radius 1 is 1.26 bits per heavy atom. The summed E-state index contributed by atoms with van der Waals surface area (Å²) in [5, 5.41) is 9.14. The second-order valence-electron chi connectivity index (χ2n) is 7.11. The third-order valence-electron chi connectivity index (χ3n) is 3.93. The SMILES string of the molecule is CC(C)(C)NCCNC(=O)CCC1Cc2ccccc2NC1=O. The molecule has 5 nitrogen and oxygen atoms in total. The molecule has 2 amide bonds. The quantitative estimate of drug-likeness (QED) is 0.704. The van der Waals surface area contributed by atoms with Gasteiger partial charge >= 0.3 is 0 Å². The number of nitrogens with one attached hydrogen (secondary N) is 3. The number of rotatable bonds is 6. The maximum Gasteiger partial charge on any atom is 0.227 e. The highest BCUT2D eigenvalue weighted by Crippen LogP contribution is 2.27. The molecule has 2 rings (SSSR count). The minimum absolute atomic E-state index is 0.00682. The first-order valence-corrected chi connectivity index (χ1v) is 8.25. The lowest BCUT2D eigenvalue weighted by atomic mass is 9.89. The fourth-order valence-electron chi connectivity index (χ4n) is 2.68. The molecule has 3 N–H and O–H groups in total. The van der Waals surface area contributed by atoms with Crippen molar-refractivity contribution in [3.8, 4) is 0 Å². The summed E-state index contributed by atoms with van der Waals surface area (Å²) in [6.07, 6.45) is 1.68. The van der Waals surface area contributed by atoms with Crippen LogP contribution in [0.1, 0.15) is 39.2 Å². The summed E-state index contributed by atoms with van der Waals surface area (Å²) in [6, 6.07) is 7.83. The molecule has 1 aromatic carbocycles. The van der Waals surface area contributed by atoms with E-state index < -0.39 is 0 Å². The van der Waals surface area contributed by atoms with Crippen molar-refractivity contribution in [2.24, 2.45) is 5.92 Å². The maximum absolute atomic E-state index is 12.1. The van der Waals surface area contributed by atoms with Gasteiger partial charge in [0, 0.05) is 36.7 Å². The zero-order chi connectivity index (χ0) is 16.9. The van der Waals surface area contributed by atoms with E-state index in [4.69, 9.17) is 0 Å². The number of hydrogen-bond donors (Lipinski definition) is 3. The summed E-state index contributed by atoms with van der Waals surface area (Å²) in [5.41, 5.74) is 2.09. The molecule has 126 valence electrons. The standard InChI is InChI=1S/C18H27N3O2/c1-18(2,3)20-11-10-19-16(22)9-8-14-12-13-6-4-5-7-15(13)21-17(14)23/h4-7,14,20H,8-12H2,1-3H3,(H,19,22)(H,21,23). The van der Waals surface area contributed by atoms with Crippen molar-refractivity contribution < 1.29 is 9.59 Å². The van der Waals surface area contributed by atoms with Crippen molar-refractivity contribution in [3.63, 3.8) is 0 Å². The van der Waals surface area contributed by atoms with Gasteiger partial charge in [0.1, 0.15) is 0 Å². The van der Waals surface area contributed by atoms with Gasteiger partial charge in [-0.25, -0.2) is 0 Å². The molecule has 1 unspecified atom stereocenters. The first-order valence-electron chi connectivity index (χ1n) is 8.25. The van der Waals surface area contributed by atoms with Gasteiger partial charge in [-0.2, -0.15) is 0 Å². The molecule has 1 aromatic rings. The summed E-state index contributed by atoms with van der Waals surface area (Å²) in [4.78, 5) is 24.0. The minimum Gasteiger partial charge on any atom is -0.355 e. The Bertz CT molecular complexity index is 564. The van der Waals surface area contributed by atoms with Gasteiger partial charge in [-0.1, -0.05) is 18.2 Å². The van der Waals surface area contributed by atoms with Gasteiger partial charge in [-0.3, -0.25) is 9.59 Å². The number of benzene rings is 1. The van der Waals surface area contributed by atoms with E-state index in [9.17, 15) is 9.59 Å². The summed E-state index contributed by atoms with van der Waals surface area (Å²) >= 11 is 0. The van der Waals surface area contributed by atoms with Crippen LogP contribution in [0.15, 0.2) is 24.3 Å². The van der Waals surface area contributed by atoms with Crippen LogP contribution in [0.2, 0.25) is 0 Å². The highest BCUT2D eigenvalue weighted by atomic mass is 16.2. The number of carbonyl (C=O) groups is 2. The Hall–Kier alpha value is -1.88. The van der Waals surface area contributed by atoms with Gasteiger partial charge in [0.2, 0.25) is 11.8 Å². The van der Waals surface area contributed by atoms with Gasteiger partial charge in [0.05, 0.1) is 0 Å². The van der Waals surface area contributed by atoms with E-state index in [0.717, 1.165) is 17.8 Å². The van der Waals surface area contributed by atoms with Crippen molar-refractivity contribution in [1.82, 2.24) is 10.6 Å². The van der Waals surface area contributed by atoms with Gasteiger partial charge in [-0.15, -0.1) is 0 Å². The molecule has 5 heteroatoms. The number of carbonyl (C=O) groups excluding carboxylic acids is 2. The molecule has 1 heterocycles. The van der Waals surface area contributed by atoms with E-state index in [2.05, 4.69) is 36.7 Å². The lowest BCUT2D eigenvalue weighted by Gasteiger charge is -2.24. The summed E-state index contributed by atoms with van der Waals surface area (Å²) < 4.78 is 0. The third-order valence-corrected chi connectivity index (χ3v) is 3.93. The molecular weight excluding hydrogens is 290 g/mol. The van der Waals surface area contributed by atoms with Crippen LogP contribution in [0.4, 0.5) is 5.69 Å². The largest absolute Gasteiger partial charge is 0.355 e. The number of amides is 2. The van der Waals surface area contributed by atoms with Crippen molar-refractivity contribution in [2.45, 2.75) is 45.6 Å². The Morgan fingerprint density at radius 3 is 2.74 bits per heavy atom. The molecule has 0 aliphatic carbocycles. The highest BCUT2D eigenvalue weighted by Gasteiger charge is 2.26. The number of anilines is 1. The first kappa shape index (κ1) is 17.5.